The second-order valence-electron chi connectivity index (χ2n) is 2.90. The van der Waals surface area contributed by atoms with Crippen LogP contribution >= 0.6 is 0 Å². The van der Waals surface area contributed by atoms with E-state index in [0.29, 0.717) is 24.4 Å². The second kappa shape index (κ2) is 0.957. The van der Waals surface area contributed by atoms with E-state index in [1.54, 1.807) is 0 Å². The molecular weight excluding hydrogens is 104 g/mol. The molecule has 0 amide bonds. The van der Waals surface area contributed by atoms with Crippen LogP contribution in [0, 0.1) is 0 Å². The smallest absolute Gasteiger partial charge is 0.0868 e. The minimum atomic E-state index is 0.596. The van der Waals surface area contributed by atoms with Crippen molar-refractivity contribution in [1.82, 2.24) is 0 Å². The van der Waals surface area contributed by atoms with Gasteiger partial charge in [-0.1, -0.05) is 0 Å². The Morgan fingerprint density at radius 2 is 1.12 bits per heavy atom. The highest BCUT2D eigenvalue weighted by molar-refractivity contribution is 5.03. The summed E-state index contributed by atoms with van der Waals surface area (Å²) in [7, 11) is 0. The van der Waals surface area contributed by atoms with Crippen LogP contribution in [0.1, 0.15) is 12.8 Å². The lowest BCUT2D eigenvalue weighted by atomic mass is 10.0. The Labute approximate surface area is 47.8 Å². The Bertz CT molecular complexity index is 106. The van der Waals surface area contributed by atoms with Gasteiger partial charge in [0.05, 0.1) is 24.4 Å². The first kappa shape index (κ1) is 3.85. The van der Waals surface area contributed by atoms with Gasteiger partial charge in [-0.2, -0.15) is 0 Å². The van der Waals surface area contributed by atoms with Crippen LogP contribution < -0.4 is 0 Å². The molecule has 1 saturated carbocycles. The summed E-state index contributed by atoms with van der Waals surface area (Å²) in [6.07, 6.45) is 4.74. The van der Waals surface area contributed by atoms with Gasteiger partial charge in [-0.25, -0.2) is 0 Å². The van der Waals surface area contributed by atoms with Gasteiger partial charge in [-0.3, -0.25) is 0 Å². The quantitative estimate of drug-likeness (QED) is 0.421. The summed E-state index contributed by atoms with van der Waals surface area (Å²) in [5.41, 5.74) is 0. The third-order valence-corrected chi connectivity index (χ3v) is 2.30. The lowest BCUT2D eigenvalue weighted by molar-refractivity contribution is 0.295. The molecule has 4 atom stereocenters. The van der Waals surface area contributed by atoms with E-state index in [2.05, 4.69) is 0 Å². The predicted octanol–water partition coefficient (Wildman–Crippen LogP) is 0.315. The van der Waals surface area contributed by atoms with Crippen molar-refractivity contribution in [2.45, 2.75) is 37.3 Å². The summed E-state index contributed by atoms with van der Waals surface area (Å²) in [4.78, 5) is 0. The molecule has 3 rings (SSSR count). The van der Waals surface area contributed by atoms with Crippen molar-refractivity contribution in [1.29, 1.82) is 0 Å². The third-order valence-electron chi connectivity index (χ3n) is 2.30. The van der Waals surface area contributed by atoms with E-state index in [1.807, 2.05) is 0 Å². The number of ether oxygens (including phenoxy) is 2. The Morgan fingerprint density at radius 1 is 0.750 bits per heavy atom. The molecule has 2 aliphatic heterocycles. The standard InChI is InChI=1S/C6H8O2/c1-3-5(7-3)2-6-4(1)8-6/h3-6H,1-2H2/t3-,4?,5-,6?/m1/s1. The SMILES string of the molecule is C1C2OC2C[C@H]2O[C@H]12. The highest BCUT2D eigenvalue weighted by Crippen LogP contribution is 2.46. The fraction of sp³-hybridized carbons (Fsp3) is 1.00. The lowest BCUT2D eigenvalue weighted by Crippen LogP contribution is -2.10. The van der Waals surface area contributed by atoms with E-state index in [4.69, 9.17) is 9.47 Å². The summed E-state index contributed by atoms with van der Waals surface area (Å²) >= 11 is 0. The van der Waals surface area contributed by atoms with Crippen molar-refractivity contribution in [3.63, 3.8) is 0 Å². The first-order chi connectivity index (χ1) is 3.93. The highest BCUT2D eigenvalue weighted by atomic mass is 16.6. The van der Waals surface area contributed by atoms with Crippen LogP contribution in [0.25, 0.3) is 0 Å². The van der Waals surface area contributed by atoms with Gasteiger partial charge >= 0.3 is 0 Å². The van der Waals surface area contributed by atoms with Crippen molar-refractivity contribution < 1.29 is 9.47 Å². The molecule has 2 unspecified atom stereocenters. The van der Waals surface area contributed by atoms with Crippen LogP contribution in [0.15, 0.2) is 0 Å². The molecule has 0 aromatic heterocycles. The van der Waals surface area contributed by atoms with E-state index in [9.17, 15) is 0 Å². The molecule has 0 aromatic carbocycles. The molecule has 0 spiro atoms. The van der Waals surface area contributed by atoms with Crippen molar-refractivity contribution in [3.05, 3.63) is 0 Å². The minimum Gasteiger partial charge on any atom is -0.369 e. The minimum absolute atomic E-state index is 0.596. The summed E-state index contributed by atoms with van der Waals surface area (Å²) in [6, 6.07) is 0. The molecule has 0 radical (unpaired) electrons. The maximum atomic E-state index is 5.30. The Kier molecular flexibility index (Phi) is 0.461. The van der Waals surface area contributed by atoms with Gasteiger partial charge in [0, 0.05) is 12.8 Å². The van der Waals surface area contributed by atoms with Crippen molar-refractivity contribution in [3.8, 4) is 0 Å². The van der Waals surface area contributed by atoms with Gasteiger partial charge in [-0.05, 0) is 0 Å². The number of epoxide rings is 2. The Balaban J connectivity index is 1.85. The molecule has 2 nitrogen and oxygen atoms in total. The highest BCUT2D eigenvalue weighted by Gasteiger charge is 2.56. The molecule has 2 saturated heterocycles. The fourth-order valence-corrected chi connectivity index (χ4v) is 1.65. The number of rotatable bonds is 0. The van der Waals surface area contributed by atoms with Crippen LogP contribution in [0.5, 0.6) is 0 Å². The Morgan fingerprint density at radius 3 is 1.50 bits per heavy atom. The zero-order chi connectivity index (χ0) is 5.14. The Hall–Kier alpha value is -0.0800. The van der Waals surface area contributed by atoms with Gasteiger partial charge in [-0.15, -0.1) is 0 Å². The number of hydrogen-bond acceptors (Lipinski definition) is 2. The topological polar surface area (TPSA) is 25.1 Å². The molecule has 3 fully saturated rings. The predicted molar refractivity (Wildman–Crippen MR) is 26.6 cm³/mol. The van der Waals surface area contributed by atoms with Crippen LogP contribution in [0.4, 0.5) is 0 Å². The maximum absolute atomic E-state index is 5.30. The second-order valence-corrected chi connectivity index (χ2v) is 2.90. The monoisotopic (exact) mass is 112 g/mol. The third kappa shape index (κ3) is 0.361. The molecule has 0 aromatic rings. The van der Waals surface area contributed by atoms with Gasteiger partial charge < -0.3 is 9.47 Å². The van der Waals surface area contributed by atoms with Gasteiger partial charge in [0.25, 0.3) is 0 Å². The molecule has 8 heavy (non-hydrogen) atoms. The largest absolute Gasteiger partial charge is 0.369 e. The van der Waals surface area contributed by atoms with E-state index >= 15 is 0 Å². The normalized spacial score (nSPS) is 66.0. The van der Waals surface area contributed by atoms with Crippen molar-refractivity contribution in [2.24, 2.45) is 0 Å². The van der Waals surface area contributed by atoms with Crippen molar-refractivity contribution >= 4 is 0 Å². The van der Waals surface area contributed by atoms with Gasteiger partial charge in [0.1, 0.15) is 0 Å². The zero-order valence-electron chi connectivity index (χ0n) is 4.54. The molecule has 2 heteroatoms. The van der Waals surface area contributed by atoms with Crippen LogP contribution in [0.3, 0.4) is 0 Å². The zero-order valence-corrected chi connectivity index (χ0v) is 4.54. The van der Waals surface area contributed by atoms with E-state index in [-0.39, 0.29) is 0 Å². The summed E-state index contributed by atoms with van der Waals surface area (Å²) in [5, 5.41) is 0. The van der Waals surface area contributed by atoms with E-state index in [1.165, 1.54) is 12.8 Å². The number of hydrogen-bond donors (Lipinski definition) is 0. The maximum Gasteiger partial charge on any atom is 0.0868 e. The summed E-state index contributed by atoms with van der Waals surface area (Å²) in [6.45, 7) is 0. The van der Waals surface area contributed by atoms with Crippen LogP contribution in [-0.2, 0) is 9.47 Å². The summed E-state index contributed by atoms with van der Waals surface area (Å²) in [5.74, 6) is 0. The first-order valence-electron chi connectivity index (χ1n) is 3.24. The fourth-order valence-electron chi connectivity index (χ4n) is 1.65. The molecular formula is C6H8O2. The van der Waals surface area contributed by atoms with E-state index in [0.717, 1.165) is 0 Å². The molecule has 2 heterocycles. The van der Waals surface area contributed by atoms with Gasteiger partial charge in [0.15, 0.2) is 0 Å². The molecule has 3 aliphatic rings. The average molecular weight is 112 g/mol. The molecule has 0 N–H and O–H groups in total. The molecule has 1 aliphatic carbocycles. The number of fused-ring (bicyclic) bond motifs is 2. The van der Waals surface area contributed by atoms with Gasteiger partial charge in [0.2, 0.25) is 0 Å². The molecule has 44 valence electrons. The van der Waals surface area contributed by atoms with Crippen LogP contribution in [0.2, 0.25) is 0 Å². The van der Waals surface area contributed by atoms with E-state index < -0.39 is 0 Å². The summed E-state index contributed by atoms with van der Waals surface area (Å²) < 4.78 is 10.6. The van der Waals surface area contributed by atoms with Crippen LogP contribution in [-0.4, -0.2) is 24.4 Å². The van der Waals surface area contributed by atoms with Crippen molar-refractivity contribution in [2.75, 3.05) is 0 Å². The first-order valence-corrected chi connectivity index (χ1v) is 3.24. The average Bonchev–Trinajstić information content (AvgIpc) is 2.45. The lowest BCUT2D eigenvalue weighted by Gasteiger charge is -1.94. The molecule has 0 bridgehead atoms.